The minimum absolute atomic E-state index is 0.106. The van der Waals surface area contributed by atoms with Crippen LogP contribution >= 0.6 is 27.5 Å². The topological polar surface area (TPSA) is 34.9 Å². The zero-order valence-electron chi connectivity index (χ0n) is 11.2. The molecule has 0 aliphatic heterocycles. The molecule has 0 aliphatic carbocycles. The second-order valence-corrected chi connectivity index (χ2v) is 7.38. The Morgan fingerprint density at radius 3 is 2.85 bits per heavy atom. The lowest BCUT2D eigenvalue weighted by atomic mass is 10.2. The third-order valence-electron chi connectivity index (χ3n) is 3.19. The van der Waals surface area contributed by atoms with Gasteiger partial charge in [0.15, 0.2) is 0 Å². The molecular formula is C13H15BrClFN2OS. The summed E-state index contributed by atoms with van der Waals surface area (Å²) in [6.45, 7) is 2.03. The van der Waals surface area contributed by atoms with Crippen molar-refractivity contribution in [1.29, 1.82) is 0 Å². The number of halogens is 3. The van der Waals surface area contributed by atoms with Gasteiger partial charge in [0, 0.05) is 34.9 Å². The van der Waals surface area contributed by atoms with Crippen LogP contribution in [-0.2, 0) is 16.7 Å². The first-order valence-corrected chi connectivity index (χ1v) is 9.21. The normalized spacial score (nSPS) is 14.7. The summed E-state index contributed by atoms with van der Waals surface area (Å²) >= 11 is 9.14. The van der Waals surface area contributed by atoms with Gasteiger partial charge in [0.05, 0.1) is 21.4 Å². The van der Waals surface area contributed by atoms with E-state index in [0.29, 0.717) is 21.6 Å². The fraction of sp³-hybridized carbons (Fsp3) is 0.462. The highest BCUT2D eigenvalue weighted by Gasteiger charge is 2.17. The largest absolute Gasteiger partial charge is 0.324 e. The van der Waals surface area contributed by atoms with Crippen molar-refractivity contribution in [3.8, 4) is 0 Å². The van der Waals surface area contributed by atoms with Gasteiger partial charge in [0.25, 0.3) is 0 Å². The highest BCUT2D eigenvalue weighted by molar-refractivity contribution is 9.10. The molecule has 2 rings (SSSR count). The van der Waals surface area contributed by atoms with Crippen molar-refractivity contribution in [2.24, 2.45) is 0 Å². The summed E-state index contributed by atoms with van der Waals surface area (Å²) in [5.74, 6) is 1.23. The third-order valence-corrected chi connectivity index (χ3v) is 4.85. The third kappa shape index (κ3) is 3.23. The van der Waals surface area contributed by atoms with E-state index in [4.69, 9.17) is 11.6 Å². The van der Waals surface area contributed by atoms with Crippen LogP contribution in [0.15, 0.2) is 16.6 Å². The highest BCUT2D eigenvalue weighted by atomic mass is 79.9. The first kappa shape index (κ1) is 15.9. The van der Waals surface area contributed by atoms with Crippen LogP contribution in [0.2, 0.25) is 0 Å². The molecule has 0 fully saturated rings. The van der Waals surface area contributed by atoms with E-state index in [1.165, 1.54) is 6.07 Å². The molecule has 110 valence electrons. The Morgan fingerprint density at radius 1 is 1.55 bits per heavy atom. The Morgan fingerprint density at radius 2 is 2.25 bits per heavy atom. The Bertz CT molecular complexity index is 661. The van der Waals surface area contributed by atoms with Crippen LogP contribution in [0.4, 0.5) is 4.39 Å². The van der Waals surface area contributed by atoms with E-state index < -0.39 is 10.8 Å². The molecule has 0 saturated heterocycles. The Hall–Kier alpha value is -0.460. The first-order valence-electron chi connectivity index (χ1n) is 6.16. The fourth-order valence-electron chi connectivity index (χ4n) is 2.19. The molecule has 3 nitrogen and oxygen atoms in total. The Balaban J connectivity index is 2.49. The van der Waals surface area contributed by atoms with Gasteiger partial charge in [-0.3, -0.25) is 4.21 Å². The highest BCUT2D eigenvalue weighted by Crippen LogP contribution is 2.28. The summed E-state index contributed by atoms with van der Waals surface area (Å²) < 4.78 is 27.2. The number of benzene rings is 1. The number of hydrogen-bond donors (Lipinski definition) is 0. The summed E-state index contributed by atoms with van der Waals surface area (Å²) in [4.78, 5) is 4.38. The molecule has 0 N–H and O–H groups in total. The number of hydrogen-bond acceptors (Lipinski definition) is 2. The second kappa shape index (κ2) is 6.54. The van der Waals surface area contributed by atoms with Crippen molar-refractivity contribution < 1.29 is 8.60 Å². The van der Waals surface area contributed by atoms with Crippen LogP contribution in [0.25, 0.3) is 11.0 Å². The molecule has 0 spiro atoms. The molecule has 2 unspecified atom stereocenters. The van der Waals surface area contributed by atoms with Crippen molar-refractivity contribution in [3.05, 3.63) is 28.2 Å². The van der Waals surface area contributed by atoms with Crippen LogP contribution in [0.5, 0.6) is 0 Å². The van der Waals surface area contributed by atoms with Crippen LogP contribution in [0, 0.1) is 5.82 Å². The standard InChI is InChI=1S/C13H15BrClFN2OS/c1-8(3-4-20(2)19)18-12-5-9(14)10(16)6-11(12)17-13(18)7-15/h5-6,8H,3-4,7H2,1-2H3. The number of imidazole rings is 1. The van der Waals surface area contributed by atoms with Gasteiger partial charge < -0.3 is 4.57 Å². The zero-order chi connectivity index (χ0) is 14.9. The lowest BCUT2D eigenvalue weighted by Gasteiger charge is -2.16. The molecule has 1 aromatic heterocycles. The van der Waals surface area contributed by atoms with Crippen LogP contribution < -0.4 is 0 Å². The van der Waals surface area contributed by atoms with Gasteiger partial charge >= 0.3 is 0 Å². The fourth-order valence-corrected chi connectivity index (χ4v) is 3.38. The van der Waals surface area contributed by atoms with E-state index in [1.807, 2.05) is 11.5 Å². The number of rotatable bonds is 5. The van der Waals surface area contributed by atoms with E-state index >= 15 is 0 Å². The minimum atomic E-state index is -0.834. The molecule has 2 atom stereocenters. The van der Waals surface area contributed by atoms with Crippen LogP contribution in [-0.4, -0.2) is 25.8 Å². The molecule has 2 aromatic rings. The summed E-state index contributed by atoms with van der Waals surface area (Å²) in [6, 6.07) is 3.22. The van der Waals surface area contributed by atoms with Crippen molar-refractivity contribution >= 4 is 49.4 Å². The predicted molar refractivity (Wildman–Crippen MR) is 85.2 cm³/mol. The molecule has 0 saturated carbocycles. The van der Waals surface area contributed by atoms with Crippen LogP contribution in [0.1, 0.15) is 25.2 Å². The van der Waals surface area contributed by atoms with Gasteiger partial charge in [-0.25, -0.2) is 9.37 Å². The Labute approximate surface area is 133 Å². The van der Waals surface area contributed by atoms with Gasteiger partial charge in [-0.2, -0.15) is 0 Å². The Kier molecular flexibility index (Phi) is 5.20. The number of aromatic nitrogens is 2. The van der Waals surface area contributed by atoms with E-state index in [2.05, 4.69) is 20.9 Å². The minimum Gasteiger partial charge on any atom is -0.324 e. The maximum absolute atomic E-state index is 13.6. The van der Waals surface area contributed by atoms with Crippen LogP contribution in [0.3, 0.4) is 0 Å². The zero-order valence-corrected chi connectivity index (χ0v) is 14.4. The second-order valence-electron chi connectivity index (χ2n) is 4.70. The quantitative estimate of drug-likeness (QED) is 0.734. The average Bonchev–Trinajstić information content (AvgIpc) is 2.74. The maximum atomic E-state index is 13.6. The van der Waals surface area contributed by atoms with Gasteiger partial charge in [-0.05, 0) is 35.3 Å². The molecule has 7 heteroatoms. The summed E-state index contributed by atoms with van der Waals surface area (Å²) in [5, 5.41) is 0. The van der Waals surface area contributed by atoms with Gasteiger partial charge in [-0.1, -0.05) is 0 Å². The molecule has 1 heterocycles. The molecule has 0 amide bonds. The SMILES string of the molecule is CC(CCS(C)=O)n1c(CCl)nc2cc(F)c(Br)cc21. The summed E-state index contributed by atoms with van der Waals surface area (Å²) in [7, 11) is -0.834. The number of alkyl halides is 1. The average molecular weight is 382 g/mol. The van der Waals surface area contributed by atoms with Gasteiger partial charge in [-0.15, -0.1) is 11.6 Å². The first-order chi connectivity index (χ1) is 9.43. The lowest BCUT2D eigenvalue weighted by molar-refractivity contribution is 0.530. The van der Waals surface area contributed by atoms with E-state index in [0.717, 1.165) is 11.9 Å². The molecule has 1 aromatic carbocycles. The molecular weight excluding hydrogens is 367 g/mol. The maximum Gasteiger partial charge on any atom is 0.139 e. The predicted octanol–water partition coefficient (Wildman–Crippen LogP) is 4.01. The van der Waals surface area contributed by atoms with E-state index in [9.17, 15) is 8.60 Å². The molecule has 0 bridgehead atoms. The monoisotopic (exact) mass is 380 g/mol. The lowest BCUT2D eigenvalue weighted by Crippen LogP contribution is -2.11. The van der Waals surface area contributed by atoms with Crippen molar-refractivity contribution in [2.45, 2.75) is 25.3 Å². The number of fused-ring (bicyclic) bond motifs is 1. The van der Waals surface area contributed by atoms with Crippen molar-refractivity contribution in [2.75, 3.05) is 12.0 Å². The smallest absolute Gasteiger partial charge is 0.139 e. The van der Waals surface area contributed by atoms with Gasteiger partial charge in [0.2, 0.25) is 0 Å². The van der Waals surface area contributed by atoms with E-state index in [-0.39, 0.29) is 17.7 Å². The molecule has 0 radical (unpaired) electrons. The van der Waals surface area contributed by atoms with E-state index in [1.54, 1.807) is 12.3 Å². The van der Waals surface area contributed by atoms with Crippen molar-refractivity contribution in [1.82, 2.24) is 9.55 Å². The number of nitrogens with zero attached hydrogens (tertiary/aromatic N) is 2. The summed E-state index contributed by atoms with van der Waals surface area (Å²) in [6.07, 6.45) is 2.45. The van der Waals surface area contributed by atoms with Gasteiger partial charge in [0.1, 0.15) is 11.6 Å². The molecule has 20 heavy (non-hydrogen) atoms. The summed E-state index contributed by atoms with van der Waals surface area (Å²) in [5.41, 5.74) is 1.43. The molecule has 0 aliphatic rings. The van der Waals surface area contributed by atoms with Crippen molar-refractivity contribution in [3.63, 3.8) is 0 Å².